The zero-order valence-electron chi connectivity index (χ0n) is 16.8. The molecular weight excluding hydrogens is 463 g/mol. The number of azide groups is 1. The lowest BCUT2D eigenvalue weighted by Crippen LogP contribution is -2.45. The number of aliphatic hydroxyl groups is 2. The van der Waals surface area contributed by atoms with E-state index in [0.717, 1.165) is 16.8 Å². The fraction of sp³-hybridized carbons (Fsp3) is 0.471. The first kappa shape index (κ1) is 23.3. The van der Waals surface area contributed by atoms with E-state index < -0.39 is 55.9 Å². The molecule has 2 aliphatic rings. The number of hydrogen-bond acceptors (Lipinski definition) is 11. The third-order valence-electron chi connectivity index (χ3n) is 5.14. The summed E-state index contributed by atoms with van der Waals surface area (Å²) in [7, 11) is -4.20. The van der Waals surface area contributed by atoms with Crippen LogP contribution < -0.4 is 11.2 Å². The molecule has 0 radical (unpaired) electrons. The molecule has 33 heavy (non-hydrogen) atoms. The summed E-state index contributed by atoms with van der Waals surface area (Å²) in [5.41, 5.74) is 5.78. The Hall–Kier alpha value is -2.87. The minimum absolute atomic E-state index is 0.0280. The van der Waals surface area contributed by atoms with Crippen LogP contribution in [-0.2, 0) is 22.9 Å². The first-order chi connectivity index (χ1) is 15.8. The molecule has 3 N–H and O–H groups in total. The molecule has 16 heteroatoms. The van der Waals surface area contributed by atoms with E-state index in [-0.39, 0.29) is 6.61 Å². The molecule has 0 bridgehead atoms. The zero-order chi connectivity index (χ0) is 23.6. The van der Waals surface area contributed by atoms with E-state index in [9.17, 15) is 24.4 Å². The molecule has 2 aromatic heterocycles. The molecule has 0 aliphatic carbocycles. The SMILES string of the molecule is [N-]=[N+]=N[C@]1(COP2(=O)OCC[C@@H](c3ccncc3)O2)OC(n2ccc(=O)[nH]c2=O)[C@H](O)[C@@H]1O. The summed E-state index contributed by atoms with van der Waals surface area (Å²) < 4.78 is 35.3. The Morgan fingerprint density at radius 3 is 2.82 bits per heavy atom. The molecule has 0 saturated carbocycles. The molecule has 2 aliphatic heterocycles. The van der Waals surface area contributed by atoms with Crippen molar-refractivity contribution in [3.63, 3.8) is 0 Å². The number of pyridine rings is 1. The van der Waals surface area contributed by atoms with Gasteiger partial charge in [-0.1, -0.05) is 5.11 Å². The van der Waals surface area contributed by atoms with Crippen molar-refractivity contribution in [2.24, 2.45) is 5.11 Å². The predicted molar refractivity (Wildman–Crippen MR) is 108 cm³/mol. The molecule has 176 valence electrons. The number of rotatable bonds is 6. The normalized spacial score (nSPS) is 34.0. The van der Waals surface area contributed by atoms with Gasteiger partial charge in [-0.2, -0.15) is 0 Å². The van der Waals surface area contributed by atoms with E-state index in [0.29, 0.717) is 12.0 Å². The lowest BCUT2D eigenvalue weighted by Gasteiger charge is -2.32. The van der Waals surface area contributed by atoms with Gasteiger partial charge in [0.05, 0.1) is 19.3 Å². The van der Waals surface area contributed by atoms with Crippen LogP contribution in [0.1, 0.15) is 24.3 Å². The molecular formula is C17H19N6O9P. The van der Waals surface area contributed by atoms with Crippen molar-refractivity contribution in [3.8, 4) is 0 Å². The summed E-state index contributed by atoms with van der Waals surface area (Å²) in [4.78, 5) is 31.9. The second kappa shape index (κ2) is 9.17. The summed E-state index contributed by atoms with van der Waals surface area (Å²) in [6.07, 6.45) is -1.37. The number of aliphatic hydroxyl groups excluding tert-OH is 2. The number of ether oxygens (including phenoxy) is 1. The zero-order valence-corrected chi connectivity index (χ0v) is 17.7. The summed E-state index contributed by atoms with van der Waals surface area (Å²) in [5.74, 6) is 0. The number of H-pyrrole nitrogens is 1. The van der Waals surface area contributed by atoms with Gasteiger partial charge in [0.1, 0.15) is 12.2 Å². The quantitative estimate of drug-likeness (QED) is 0.224. The highest BCUT2D eigenvalue weighted by Crippen LogP contribution is 2.58. The van der Waals surface area contributed by atoms with Crippen molar-refractivity contribution in [2.45, 2.75) is 36.7 Å². The van der Waals surface area contributed by atoms with Crippen LogP contribution in [-0.4, -0.2) is 55.9 Å². The smallest absolute Gasteiger partial charge is 0.387 e. The maximum absolute atomic E-state index is 13.0. The molecule has 0 spiro atoms. The van der Waals surface area contributed by atoms with Crippen molar-refractivity contribution < 1.29 is 33.1 Å². The Balaban J connectivity index is 1.55. The van der Waals surface area contributed by atoms with Gasteiger partial charge in [0.25, 0.3) is 5.56 Å². The predicted octanol–water partition coefficient (Wildman–Crippen LogP) is 0.492. The number of aromatic amines is 1. The number of nitrogens with zero attached hydrogens (tertiary/aromatic N) is 5. The van der Waals surface area contributed by atoms with Crippen molar-refractivity contribution in [1.82, 2.24) is 14.5 Å². The Bertz CT molecular complexity index is 1220. The third kappa shape index (κ3) is 4.62. The van der Waals surface area contributed by atoms with Crippen LogP contribution in [0, 0.1) is 0 Å². The molecule has 6 atom stereocenters. The number of phosphoric acid groups is 1. The van der Waals surface area contributed by atoms with Crippen molar-refractivity contribution in [1.29, 1.82) is 0 Å². The molecule has 2 fully saturated rings. The lowest BCUT2D eigenvalue weighted by atomic mass is 10.1. The van der Waals surface area contributed by atoms with E-state index in [1.54, 1.807) is 24.5 Å². The van der Waals surface area contributed by atoms with Gasteiger partial charge >= 0.3 is 13.5 Å². The largest absolute Gasteiger partial charge is 0.475 e. The molecule has 0 aromatic carbocycles. The first-order valence-corrected chi connectivity index (χ1v) is 11.1. The Labute approximate surface area is 184 Å². The van der Waals surface area contributed by atoms with Gasteiger partial charge in [0.15, 0.2) is 6.23 Å². The van der Waals surface area contributed by atoms with Gasteiger partial charge in [-0.25, -0.2) is 9.36 Å². The number of nitrogens with one attached hydrogen (secondary N) is 1. The fourth-order valence-electron chi connectivity index (χ4n) is 3.48. The Kier molecular flexibility index (Phi) is 6.47. The molecule has 2 unspecified atom stereocenters. The van der Waals surface area contributed by atoms with Crippen molar-refractivity contribution >= 4 is 7.82 Å². The Morgan fingerprint density at radius 1 is 1.36 bits per heavy atom. The van der Waals surface area contributed by atoms with Crippen LogP contribution in [0.15, 0.2) is 51.5 Å². The summed E-state index contributed by atoms with van der Waals surface area (Å²) in [5, 5.41) is 24.4. The van der Waals surface area contributed by atoms with Gasteiger partial charge in [-0.3, -0.25) is 32.9 Å². The number of phosphoric ester groups is 1. The van der Waals surface area contributed by atoms with E-state index in [1.807, 2.05) is 4.98 Å². The van der Waals surface area contributed by atoms with E-state index >= 15 is 0 Å². The van der Waals surface area contributed by atoms with Gasteiger partial charge in [-0.15, -0.1) is 0 Å². The molecule has 2 aromatic rings. The Morgan fingerprint density at radius 2 is 2.12 bits per heavy atom. The maximum atomic E-state index is 13.0. The molecule has 4 heterocycles. The molecule has 2 saturated heterocycles. The van der Waals surface area contributed by atoms with Crippen LogP contribution in [0.5, 0.6) is 0 Å². The number of hydrogen-bond donors (Lipinski definition) is 3. The average molecular weight is 482 g/mol. The summed E-state index contributed by atoms with van der Waals surface area (Å²) >= 11 is 0. The van der Waals surface area contributed by atoms with Crippen LogP contribution in [0.4, 0.5) is 0 Å². The van der Waals surface area contributed by atoms with Crippen LogP contribution in [0.2, 0.25) is 0 Å². The summed E-state index contributed by atoms with van der Waals surface area (Å²) in [6.45, 7) is -0.815. The maximum Gasteiger partial charge on any atom is 0.475 e. The minimum Gasteiger partial charge on any atom is -0.387 e. The van der Waals surface area contributed by atoms with Crippen molar-refractivity contribution in [3.05, 3.63) is 73.6 Å². The first-order valence-electron chi connectivity index (χ1n) is 9.66. The second-order valence-electron chi connectivity index (χ2n) is 7.21. The molecule has 4 rings (SSSR count). The minimum atomic E-state index is -4.20. The van der Waals surface area contributed by atoms with E-state index in [2.05, 4.69) is 15.0 Å². The standard InChI is InChI=1S/C17H19N6O9P/c18-22-21-17(14(26)13(25)15(31-17)23-7-3-12(24)20-16(23)27)9-30-33(28)29-8-4-11(32-33)10-1-5-19-6-2-10/h1-3,5-7,11,13-15,25-26H,4,8-9H2,(H,20,24,27)/t11-,13+,14-,15?,17+,33?/m0/s1. The molecule has 15 nitrogen and oxygen atoms in total. The van der Waals surface area contributed by atoms with Gasteiger partial charge in [-0.05, 0) is 23.2 Å². The highest BCUT2D eigenvalue weighted by Gasteiger charge is 2.56. The third-order valence-corrected chi connectivity index (χ3v) is 6.59. The monoisotopic (exact) mass is 482 g/mol. The van der Waals surface area contributed by atoms with Crippen LogP contribution in [0.3, 0.4) is 0 Å². The van der Waals surface area contributed by atoms with E-state index in [1.165, 1.54) is 0 Å². The topological polar surface area (TPSA) is 211 Å². The molecule has 0 amide bonds. The van der Waals surface area contributed by atoms with E-state index in [4.69, 9.17) is 23.8 Å². The number of aromatic nitrogens is 3. The highest BCUT2D eigenvalue weighted by atomic mass is 31.2. The average Bonchev–Trinajstić information content (AvgIpc) is 3.04. The van der Waals surface area contributed by atoms with Crippen LogP contribution in [0.25, 0.3) is 10.4 Å². The fourth-order valence-corrected chi connectivity index (χ4v) is 4.89. The van der Waals surface area contributed by atoms with Crippen LogP contribution >= 0.6 is 7.82 Å². The second-order valence-corrected chi connectivity index (χ2v) is 8.83. The van der Waals surface area contributed by atoms with Gasteiger partial charge in [0, 0.05) is 36.0 Å². The highest BCUT2D eigenvalue weighted by molar-refractivity contribution is 7.48. The summed E-state index contributed by atoms with van der Waals surface area (Å²) in [6, 6.07) is 4.35. The van der Waals surface area contributed by atoms with Crippen molar-refractivity contribution in [2.75, 3.05) is 13.2 Å². The van der Waals surface area contributed by atoms with Gasteiger partial charge in [0.2, 0.25) is 5.72 Å². The van der Waals surface area contributed by atoms with Gasteiger partial charge < -0.3 is 14.9 Å². The lowest BCUT2D eigenvalue weighted by molar-refractivity contribution is -0.127.